The summed E-state index contributed by atoms with van der Waals surface area (Å²) in [7, 11) is 1.14. The number of hydrogen-bond acceptors (Lipinski definition) is 7. The van der Waals surface area contributed by atoms with E-state index in [1.165, 1.54) is 135 Å². The normalized spacial score (nSPS) is 14.3. The van der Waals surface area contributed by atoms with Crippen LogP contribution in [0.4, 0.5) is 0 Å². The van der Waals surface area contributed by atoms with Gasteiger partial charge in [0.25, 0.3) is 7.82 Å². The Balaban J connectivity index is 5.45. The molecule has 0 aliphatic rings. The molecule has 0 rings (SSSR count). The van der Waals surface area contributed by atoms with E-state index >= 15 is 0 Å². The predicted molar refractivity (Wildman–Crippen MR) is 311 cm³/mol. The molecule has 0 saturated heterocycles. The highest BCUT2D eigenvalue weighted by atomic mass is 31.2. The molecule has 422 valence electrons. The number of amides is 1. The van der Waals surface area contributed by atoms with Gasteiger partial charge in [0.05, 0.1) is 33.8 Å². The number of carbonyl (C=O) groups excluding carboxylic acids is 2. The zero-order valence-electron chi connectivity index (χ0n) is 48.1. The molecule has 0 aliphatic carbocycles. The maximum absolute atomic E-state index is 13.5. The fraction of sp³-hybridized carbons (Fsp3) is 0.746. The third-order valence-corrected chi connectivity index (χ3v) is 13.8. The predicted octanol–water partition coefficient (Wildman–Crippen LogP) is 17.6. The molecule has 0 saturated carbocycles. The van der Waals surface area contributed by atoms with Crippen molar-refractivity contribution in [1.29, 1.82) is 0 Å². The zero-order chi connectivity index (χ0) is 53.6. The van der Waals surface area contributed by atoms with Crippen LogP contribution in [0.25, 0.3) is 0 Å². The molecular weight excluding hydrogens is 928 g/mol. The second kappa shape index (κ2) is 52.6. The molecule has 0 bridgehead atoms. The number of nitrogens with zero attached hydrogens (tertiary/aromatic N) is 1. The van der Waals surface area contributed by atoms with E-state index < -0.39 is 26.6 Å². The number of hydrogen-bond donors (Lipinski definition) is 1. The molecule has 0 aromatic heterocycles. The van der Waals surface area contributed by atoms with Gasteiger partial charge in [0, 0.05) is 12.8 Å². The third-order valence-electron chi connectivity index (χ3n) is 12.9. The highest BCUT2D eigenvalue weighted by Crippen LogP contribution is 2.38. The highest BCUT2D eigenvalue weighted by Gasteiger charge is 2.27. The first-order valence-corrected chi connectivity index (χ1v) is 31.4. The van der Waals surface area contributed by atoms with Crippen LogP contribution in [0.5, 0.6) is 0 Å². The average Bonchev–Trinajstić information content (AvgIpc) is 3.35. The lowest BCUT2D eigenvalue weighted by molar-refractivity contribution is -0.870. The maximum atomic E-state index is 13.5. The number of esters is 1. The number of allylic oxidation sites excluding steroid dienone is 13. The van der Waals surface area contributed by atoms with E-state index in [1.54, 1.807) is 0 Å². The van der Waals surface area contributed by atoms with Gasteiger partial charge in [0.1, 0.15) is 19.3 Å². The minimum atomic E-state index is -4.72. The monoisotopic (exact) mass is 1040 g/mol. The SMILES string of the molecule is CC/C=C\C/C=C\C/C=C\C/C=C\C/C=C\C/C=C\CCC(=O)NC(COP(=O)([O-])OCC[N+](C)(C)C)C(/C=C/CCCCCCCCCCCCC)OC(=O)CCCCCCCCCCCCCCCCC. The van der Waals surface area contributed by atoms with Crippen LogP contribution in [0.15, 0.2) is 85.1 Å². The topological polar surface area (TPSA) is 114 Å². The van der Waals surface area contributed by atoms with Crippen LogP contribution < -0.4 is 10.2 Å². The van der Waals surface area contributed by atoms with Gasteiger partial charge in [-0.15, -0.1) is 0 Å². The van der Waals surface area contributed by atoms with Crippen molar-refractivity contribution < 1.29 is 37.3 Å². The van der Waals surface area contributed by atoms with Crippen LogP contribution in [0.2, 0.25) is 0 Å². The number of unbranched alkanes of at least 4 members (excludes halogenated alkanes) is 25. The van der Waals surface area contributed by atoms with Crippen molar-refractivity contribution in [2.75, 3.05) is 40.9 Å². The standard InChI is InChI=1S/C63H113N2O7P/c1-7-10-13-16-19-22-25-28-30-31-32-33-35-37-40-43-46-49-52-55-62(66)64-60(59-71-73(68,69)70-58-57-65(4,5)6)61(54-51-48-45-42-39-36-27-24-21-18-15-12-9-3)72-63(67)56-53-50-47-44-41-38-34-29-26-23-20-17-14-11-8-2/h10,13,19,22,28,30,32-33,37,40,46,49,51,54,60-61H,7-9,11-12,14-18,20-21,23-27,29,31,34-36,38-39,41-45,47-48,50,52-53,55-59H2,1-6H3,(H-,64,66,68,69)/b13-10-,22-19-,30-28-,33-32-,40-37-,49-46-,54-51+. The molecule has 0 aromatic rings. The smallest absolute Gasteiger partial charge is 0.306 e. The van der Waals surface area contributed by atoms with Crippen LogP contribution in [-0.4, -0.2) is 69.4 Å². The first-order valence-electron chi connectivity index (χ1n) is 29.9. The van der Waals surface area contributed by atoms with Crippen LogP contribution >= 0.6 is 7.82 Å². The quantitative estimate of drug-likeness (QED) is 0.0212. The van der Waals surface area contributed by atoms with Crippen molar-refractivity contribution in [3.8, 4) is 0 Å². The fourth-order valence-corrected chi connectivity index (χ4v) is 8.97. The Hall–Kier alpha value is -2.81. The summed E-state index contributed by atoms with van der Waals surface area (Å²) in [5, 5.41) is 2.98. The van der Waals surface area contributed by atoms with E-state index in [1.807, 2.05) is 45.4 Å². The molecular formula is C63H113N2O7P. The number of nitrogens with one attached hydrogen (secondary N) is 1. The van der Waals surface area contributed by atoms with Crippen molar-refractivity contribution in [2.24, 2.45) is 0 Å². The summed E-state index contributed by atoms with van der Waals surface area (Å²) in [5.41, 5.74) is 0. The zero-order valence-corrected chi connectivity index (χ0v) is 49.0. The number of carbonyl (C=O) groups is 2. The first-order chi connectivity index (χ1) is 35.4. The van der Waals surface area contributed by atoms with Gasteiger partial charge in [-0.1, -0.05) is 254 Å². The Morgan fingerprint density at radius 1 is 0.493 bits per heavy atom. The van der Waals surface area contributed by atoms with E-state index in [0.717, 1.165) is 77.0 Å². The van der Waals surface area contributed by atoms with Gasteiger partial charge in [0.15, 0.2) is 0 Å². The summed E-state index contributed by atoms with van der Waals surface area (Å²) in [6.45, 7) is 6.67. The third kappa shape index (κ3) is 53.8. The van der Waals surface area contributed by atoms with E-state index in [-0.39, 0.29) is 31.3 Å². The molecule has 0 radical (unpaired) electrons. The summed E-state index contributed by atoms with van der Waals surface area (Å²) in [4.78, 5) is 39.9. The molecule has 0 heterocycles. The summed E-state index contributed by atoms with van der Waals surface area (Å²) in [5.74, 6) is -0.636. The lowest BCUT2D eigenvalue weighted by atomic mass is 10.0. The van der Waals surface area contributed by atoms with Crippen molar-refractivity contribution in [3.05, 3.63) is 85.1 Å². The maximum Gasteiger partial charge on any atom is 0.306 e. The second-order valence-electron chi connectivity index (χ2n) is 21.1. The van der Waals surface area contributed by atoms with Gasteiger partial charge in [-0.05, 0) is 70.3 Å². The Bertz CT molecular complexity index is 1530. The minimum Gasteiger partial charge on any atom is -0.756 e. The lowest BCUT2D eigenvalue weighted by Gasteiger charge is -2.30. The number of likely N-dealkylation sites (N-methyl/N-ethyl adjacent to an activating group) is 1. The largest absolute Gasteiger partial charge is 0.756 e. The molecule has 9 nitrogen and oxygen atoms in total. The molecule has 0 aliphatic heterocycles. The van der Waals surface area contributed by atoms with Crippen LogP contribution in [0.3, 0.4) is 0 Å². The van der Waals surface area contributed by atoms with Crippen LogP contribution in [0.1, 0.15) is 252 Å². The number of rotatable bonds is 53. The van der Waals surface area contributed by atoms with Crippen LogP contribution in [-0.2, 0) is 27.9 Å². The Morgan fingerprint density at radius 3 is 1.32 bits per heavy atom. The van der Waals surface area contributed by atoms with Crippen molar-refractivity contribution >= 4 is 19.7 Å². The molecule has 3 atom stereocenters. The Kier molecular flexibility index (Phi) is 50.6. The molecule has 0 fully saturated rings. The van der Waals surface area contributed by atoms with Crippen molar-refractivity contribution in [1.82, 2.24) is 5.32 Å². The molecule has 1 amide bonds. The van der Waals surface area contributed by atoms with Gasteiger partial charge >= 0.3 is 5.97 Å². The van der Waals surface area contributed by atoms with E-state index in [4.69, 9.17) is 13.8 Å². The molecule has 0 aromatic carbocycles. The molecule has 10 heteroatoms. The van der Waals surface area contributed by atoms with Gasteiger partial charge < -0.3 is 28.5 Å². The van der Waals surface area contributed by atoms with Crippen molar-refractivity contribution in [2.45, 2.75) is 264 Å². The number of ether oxygens (including phenoxy) is 1. The Labute approximate surface area is 450 Å². The molecule has 1 N–H and O–H groups in total. The molecule has 73 heavy (non-hydrogen) atoms. The minimum absolute atomic E-state index is 0.0379. The van der Waals surface area contributed by atoms with E-state index in [9.17, 15) is 19.0 Å². The first kappa shape index (κ1) is 70.2. The Morgan fingerprint density at radius 2 is 0.890 bits per heavy atom. The van der Waals surface area contributed by atoms with Gasteiger partial charge in [-0.2, -0.15) is 0 Å². The molecule has 0 spiro atoms. The van der Waals surface area contributed by atoms with E-state index in [0.29, 0.717) is 17.4 Å². The highest BCUT2D eigenvalue weighted by molar-refractivity contribution is 7.45. The average molecular weight is 1040 g/mol. The van der Waals surface area contributed by atoms with E-state index in [2.05, 4.69) is 86.8 Å². The van der Waals surface area contributed by atoms with Crippen LogP contribution in [0, 0.1) is 0 Å². The van der Waals surface area contributed by atoms with Gasteiger partial charge in [-0.3, -0.25) is 14.2 Å². The van der Waals surface area contributed by atoms with Gasteiger partial charge in [-0.25, -0.2) is 0 Å². The number of quaternary nitrogens is 1. The number of phosphoric ester groups is 1. The molecule has 3 unspecified atom stereocenters. The fourth-order valence-electron chi connectivity index (χ4n) is 8.25. The summed E-state index contributed by atoms with van der Waals surface area (Å²) in [6.07, 6.45) is 68.5. The summed E-state index contributed by atoms with van der Waals surface area (Å²) < 4.78 is 30.2. The summed E-state index contributed by atoms with van der Waals surface area (Å²) in [6, 6.07) is -0.930. The van der Waals surface area contributed by atoms with Crippen molar-refractivity contribution in [3.63, 3.8) is 0 Å². The lowest BCUT2D eigenvalue weighted by Crippen LogP contribution is -2.47. The second-order valence-corrected chi connectivity index (χ2v) is 22.5. The summed E-state index contributed by atoms with van der Waals surface area (Å²) >= 11 is 0. The van der Waals surface area contributed by atoms with Gasteiger partial charge in [0.2, 0.25) is 5.91 Å². The number of phosphoric acid groups is 1.